The van der Waals surface area contributed by atoms with Gasteiger partial charge in [0.25, 0.3) is 0 Å². The van der Waals surface area contributed by atoms with Gasteiger partial charge in [0.2, 0.25) is 11.7 Å². The molecule has 0 bridgehead atoms. The minimum Gasteiger partial charge on any atom is -0.469 e. The first-order valence-corrected chi connectivity index (χ1v) is 6.81. The predicted octanol–water partition coefficient (Wildman–Crippen LogP) is 2.38. The van der Waals surface area contributed by atoms with E-state index in [9.17, 15) is 4.79 Å². The van der Waals surface area contributed by atoms with Crippen LogP contribution in [0.4, 0.5) is 0 Å². The van der Waals surface area contributed by atoms with Gasteiger partial charge >= 0.3 is 5.97 Å². The molecule has 2 aromatic rings. The molecule has 0 radical (unpaired) electrons. The van der Waals surface area contributed by atoms with Gasteiger partial charge in [0.15, 0.2) is 0 Å². The number of carbonyl (C=O) groups excluding carboxylic acids is 1. The first-order chi connectivity index (χ1) is 10.1. The zero-order valence-electron chi connectivity index (χ0n) is 11.9. The maximum atomic E-state index is 11.1. The lowest BCUT2D eigenvalue weighted by atomic mass is 10.2. The van der Waals surface area contributed by atoms with Crippen LogP contribution in [0.15, 0.2) is 28.8 Å². The van der Waals surface area contributed by atoms with Gasteiger partial charge in [-0.15, -0.1) is 0 Å². The van der Waals surface area contributed by atoms with Crippen molar-refractivity contribution in [2.24, 2.45) is 0 Å². The van der Waals surface area contributed by atoms with Crippen LogP contribution in [0.3, 0.4) is 0 Å². The minimum absolute atomic E-state index is 0.246. The van der Waals surface area contributed by atoms with Gasteiger partial charge in [-0.1, -0.05) is 28.9 Å². The summed E-state index contributed by atoms with van der Waals surface area (Å²) < 4.78 is 9.79. The average molecular weight is 310 g/mol. The number of nitrogens with zero attached hydrogens (tertiary/aromatic N) is 3. The van der Waals surface area contributed by atoms with E-state index in [-0.39, 0.29) is 5.97 Å². The third kappa shape index (κ3) is 4.27. The van der Waals surface area contributed by atoms with Gasteiger partial charge in [0.05, 0.1) is 25.1 Å². The summed E-state index contributed by atoms with van der Waals surface area (Å²) in [5.74, 6) is 0.679. The topological polar surface area (TPSA) is 68.5 Å². The van der Waals surface area contributed by atoms with Crippen LogP contribution in [0, 0.1) is 0 Å². The monoisotopic (exact) mass is 309 g/mol. The highest BCUT2D eigenvalue weighted by Crippen LogP contribution is 2.24. The van der Waals surface area contributed by atoms with Gasteiger partial charge in [-0.05, 0) is 19.2 Å². The van der Waals surface area contributed by atoms with E-state index in [0.29, 0.717) is 36.2 Å². The molecule has 0 fully saturated rings. The molecule has 0 aliphatic rings. The zero-order chi connectivity index (χ0) is 15.2. The van der Waals surface area contributed by atoms with E-state index in [2.05, 4.69) is 14.9 Å². The zero-order valence-corrected chi connectivity index (χ0v) is 12.6. The Morgan fingerprint density at radius 1 is 1.43 bits per heavy atom. The molecule has 0 saturated carbocycles. The molecule has 1 aromatic heterocycles. The van der Waals surface area contributed by atoms with E-state index in [4.69, 9.17) is 16.1 Å². The Hall–Kier alpha value is -1.92. The molecule has 112 valence electrons. The van der Waals surface area contributed by atoms with Gasteiger partial charge < -0.3 is 9.26 Å². The largest absolute Gasteiger partial charge is 0.469 e. The standard InChI is InChI=1S/C14H16ClN3O3/c1-18(8-7-13(19)20-2)9-12-16-14(17-21-12)10-5-3-4-6-11(10)15/h3-6H,7-9H2,1-2H3. The number of halogens is 1. The summed E-state index contributed by atoms with van der Waals surface area (Å²) in [6.45, 7) is 1.00. The molecule has 6 nitrogen and oxygen atoms in total. The van der Waals surface area contributed by atoms with Crippen molar-refractivity contribution in [1.82, 2.24) is 15.0 Å². The summed E-state index contributed by atoms with van der Waals surface area (Å²) in [5, 5.41) is 4.50. The van der Waals surface area contributed by atoms with Crippen LogP contribution in [0.25, 0.3) is 11.4 Å². The van der Waals surface area contributed by atoms with Gasteiger partial charge in [-0.25, -0.2) is 0 Å². The lowest BCUT2D eigenvalue weighted by molar-refractivity contribution is -0.140. The molecule has 1 aromatic carbocycles. The first-order valence-electron chi connectivity index (χ1n) is 6.43. The summed E-state index contributed by atoms with van der Waals surface area (Å²) in [5.41, 5.74) is 0.728. The number of rotatable bonds is 6. The number of carbonyl (C=O) groups is 1. The second-order valence-electron chi connectivity index (χ2n) is 4.56. The van der Waals surface area contributed by atoms with Crippen LogP contribution in [0.5, 0.6) is 0 Å². The molecule has 0 unspecified atom stereocenters. The summed E-state index contributed by atoms with van der Waals surface area (Å²) in [7, 11) is 3.23. The van der Waals surface area contributed by atoms with Crippen molar-refractivity contribution in [2.45, 2.75) is 13.0 Å². The molecule has 0 spiro atoms. The predicted molar refractivity (Wildman–Crippen MR) is 77.7 cm³/mol. The molecule has 1 heterocycles. The second kappa shape index (κ2) is 7.19. The second-order valence-corrected chi connectivity index (χ2v) is 4.96. The van der Waals surface area contributed by atoms with Crippen LogP contribution in [-0.4, -0.2) is 41.7 Å². The lowest BCUT2D eigenvalue weighted by Crippen LogP contribution is -2.22. The molecule has 0 aliphatic carbocycles. The Kier molecular flexibility index (Phi) is 5.30. The van der Waals surface area contributed by atoms with Crippen LogP contribution in [0.1, 0.15) is 12.3 Å². The molecule has 0 N–H and O–H groups in total. The van der Waals surface area contributed by atoms with Crippen molar-refractivity contribution < 1.29 is 14.1 Å². The normalized spacial score (nSPS) is 10.9. The number of hydrogen-bond donors (Lipinski definition) is 0. The maximum absolute atomic E-state index is 11.1. The highest BCUT2D eigenvalue weighted by Gasteiger charge is 2.13. The van der Waals surface area contributed by atoms with Crippen molar-refractivity contribution in [3.8, 4) is 11.4 Å². The Labute approximate surface area is 127 Å². The fourth-order valence-electron chi connectivity index (χ4n) is 1.77. The molecule has 0 saturated heterocycles. The SMILES string of the molecule is COC(=O)CCN(C)Cc1nc(-c2ccccc2Cl)no1. The molecular weight excluding hydrogens is 294 g/mol. The minimum atomic E-state index is -0.246. The quantitative estimate of drug-likeness (QED) is 0.763. The van der Waals surface area contributed by atoms with Crippen LogP contribution < -0.4 is 0 Å². The van der Waals surface area contributed by atoms with Gasteiger partial charge in [0.1, 0.15) is 0 Å². The molecule has 0 atom stereocenters. The summed E-state index contributed by atoms with van der Waals surface area (Å²) >= 11 is 6.09. The van der Waals surface area contributed by atoms with Crippen LogP contribution in [-0.2, 0) is 16.1 Å². The van der Waals surface area contributed by atoms with E-state index >= 15 is 0 Å². The molecule has 7 heteroatoms. The van der Waals surface area contributed by atoms with E-state index in [1.807, 2.05) is 30.1 Å². The summed E-state index contributed by atoms with van der Waals surface area (Å²) in [4.78, 5) is 17.3. The van der Waals surface area contributed by atoms with Gasteiger partial charge in [-0.2, -0.15) is 4.98 Å². The van der Waals surface area contributed by atoms with Crippen molar-refractivity contribution in [2.75, 3.05) is 20.7 Å². The van der Waals surface area contributed by atoms with Gasteiger partial charge in [-0.3, -0.25) is 9.69 Å². The van der Waals surface area contributed by atoms with Crippen molar-refractivity contribution >= 4 is 17.6 Å². The Balaban J connectivity index is 1.97. The van der Waals surface area contributed by atoms with Crippen molar-refractivity contribution in [1.29, 1.82) is 0 Å². The Bertz CT molecular complexity index is 615. The Morgan fingerprint density at radius 3 is 2.90 bits per heavy atom. The molecule has 0 amide bonds. The fraction of sp³-hybridized carbons (Fsp3) is 0.357. The van der Waals surface area contributed by atoms with Crippen molar-refractivity contribution in [3.05, 3.63) is 35.2 Å². The summed E-state index contributed by atoms with van der Waals surface area (Å²) in [6, 6.07) is 7.31. The number of ether oxygens (including phenoxy) is 1. The third-order valence-electron chi connectivity index (χ3n) is 2.91. The van der Waals surface area contributed by atoms with E-state index < -0.39 is 0 Å². The lowest BCUT2D eigenvalue weighted by Gasteiger charge is -2.12. The first kappa shape index (κ1) is 15.5. The average Bonchev–Trinajstić information content (AvgIpc) is 2.93. The smallest absolute Gasteiger partial charge is 0.306 e. The summed E-state index contributed by atoms with van der Waals surface area (Å²) in [6.07, 6.45) is 0.318. The molecular formula is C14H16ClN3O3. The number of aromatic nitrogens is 2. The highest BCUT2D eigenvalue weighted by molar-refractivity contribution is 6.33. The molecule has 0 aliphatic heterocycles. The maximum Gasteiger partial charge on any atom is 0.306 e. The van der Waals surface area contributed by atoms with Crippen LogP contribution >= 0.6 is 11.6 Å². The number of benzene rings is 1. The van der Waals surface area contributed by atoms with E-state index in [1.54, 1.807) is 6.07 Å². The third-order valence-corrected chi connectivity index (χ3v) is 3.24. The molecule has 21 heavy (non-hydrogen) atoms. The number of esters is 1. The van der Waals surface area contributed by atoms with Crippen molar-refractivity contribution in [3.63, 3.8) is 0 Å². The van der Waals surface area contributed by atoms with Crippen LogP contribution in [0.2, 0.25) is 5.02 Å². The fourth-order valence-corrected chi connectivity index (χ4v) is 1.99. The van der Waals surface area contributed by atoms with Gasteiger partial charge in [0, 0.05) is 12.1 Å². The number of methoxy groups -OCH3 is 1. The number of hydrogen-bond acceptors (Lipinski definition) is 6. The Morgan fingerprint density at radius 2 is 2.19 bits per heavy atom. The highest BCUT2D eigenvalue weighted by atomic mass is 35.5. The molecule has 2 rings (SSSR count). The van der Waals surface area contributed by atoms with E-state index in [0.717, 1.165) is 5.56 Å². The van der Waals surface area contributed by atoms with E-state index in [1.165, 1.54) is 7.11 Å².